The minimum absolute atomic E-state index is 0.0848. The normalized spacial score (nSPS) is 17.2. The van der Waals surface area contributed by atoms with Crippen molar-refractivity contribution >= 4 is 5.82 Å². The van der Waals surface area contributed by atoms with Crippen molar-refractivity contribution in [2.45, 2.75) is 60.4 Å². The van der Waals surface area contributed by atoms with Crippen molar-refractivity contribution in [3.63, 3.8) is 0 Å². The maximum absolute atomic E-state index is 6.09. The highest BCUT2D eigenvalue weighted by Crippen LogP contribution is 2.32. The molecule has 1 aromatic carbocycles. The van der Waals surface area contributed by atoms with Gasteiger partial charge in [-0.15, -0.1) is 0 Å². The van der Waals surface area contributed by atoms with Crippen LogP contribution in [0.5, 0.6) is 5.75 Å². The van der Waals surface area contributed by atoms with Gasteiger partial charge in [0.05, 0.1) is 12.2 Å². The molecule has 0 spiro atoms. The second-order valence-corrected chi connectivity index (χ2v) is 9.16. The van der Waals surface area contributed by atoms with Crippen LogP contribution in [0.1, 0.15) is 44.4 Å². The third-order valence-corrected chi connectivity index (χ3v) is 5.99. The summed E-state index contributed by atoms with van der Waals surface area (Å²) in [6, 6.07) is 6.07. The van der Waals surface area contributed by atoms with Crippen LogP contribution in [-0.2, 0) is 9.47 Å². The van der Waals surface area contributed by atoms with Gasteiger partial charge in [0.15, 0.2) is 5.79 Å². The smallest absolute Gasteiger partial charge is 0.259 e. The van der Waals surface area contributed by atoms with E-state index in [9.17, 15) is 0 Å². The predicted octanol–water partition coefficient (Wildman–Crippen LogP) is 5.10. The lowest BCUT2D eigenvalue weighted by molar-refractivity contribution is -0.141. The van der Waals surface area contributed by atoms with Crippen LogP contribution < -0.4 is 9.64 Å². The van der Waals surface area contributed by atoms with E-state index in [1.54, 1.807) is 6.20 Å². The standard InChI is InChI=1S/C26H34N4O4/c1-8-30(9-2)24-18(5)12-20(13-27-24)25-28-23(29-34-25)19-10-16(3)22(17(4)11-19)31-14-21-15-32-26(6,7)33-21/h10-13,21H,8-9,14-15H2,1-7H3. The van der Waals surface area contributed by atoms with Gasteiger partial charge in [-0.25, -0.2) is 4.98 Å². The van der Waals surface area contributed by atoms with Gasteiger partial charge in [0.1, 0.15) is 24.3 Å². The predicted molar refractivity (Wildman–Crippen MR) is 131 cm³/mol. The molecule has 1 unspecified atom stereocenters. The molecule has 1 aliphatic heterocycles. The Morgan fingerprint density at radius 1 is 1.03 bits per heavy atom. The molecule has 1 atom stereocenters. The fourth-order valence-corrected chi connectivity index (χ4v) is 4.33. The lowest BCUT2D eigenvalue weighted by Gasteiger charge is -2.21. The van der Waals surface area contributed by atoms with Gasteiger partial charge in [-0.3, -0.25) is 0 Å². The number of benzene rings is 1. The molecule has 0 bridgehead atoms. The van der Waals surface area contributed by atoms with Crippen molar-refractivity contribution in [2.75, 3.05) is 31.2 Å². The Bertz CT molecular complexity index is 1130. The van der Waals surface area contributed by atoms with E-state index in [2.05, 4.69) is 40.8 Å². The van der Waals surface area contributed by atoms with Gasteiger partial charge in [0.2, 0.25) is 5.82 Å². The van der Waals surface area contributed by atoms with Gasteiger partial charge in [-0.2, -0.15) is 4.98 Å². The fourth-order valence-electron chi connectivity index (χ4n) is 4.33. The van der Waals surface area contributed by atoms with Gasteiger partial charge in [-0.05, 0) is 83.4 Å². The highest BCUT2D eigenvalue weighted by molar-refractivity contribution is 5.64. The average Bonchev–Trinajstić information content (AvgIpc) is 3.41. The first-order valence-electron chi connectivity index (χ1n) is 11.8. The first-order chi connectivity index (χ1) is 16.2. The van der Waals surface area contributed by atoms with Crippen molar-refractivity contribution in [1.82, 2.24) is 15.1 Å². The van der Waals surface area contributed by atoms with Crippen LogP contribution in [0.2, 0.25) is 0 Å². The lowest BCUT2D eigenvalue weighted by Crippen LogP contribution is -2.25. The summed E-state index contributed by atoms with van der Waals surface area (Å²) < 4.78 is 23.1. The molecule has 1 saturated heterocycles. The zero-order valence-corrected chi connectivity index (χ0v) is 21.1. The number of rotatable bonds is 8. The molecule has 1 fully saturated rings. The lowest BCUT2D eigenvalue weighted by atomic mass is 10.1. The Labute approximate surface area is 201 Å². The summed E-state index contributed by atoms with van der Waals surface area (Å²) in [4.78, 5) is 11.5. The van der Waals surface area contributed by atoms with E-state index >= 15 is 0 Å². The van der Waals surface area contributed by atoms with E-state index in [4.69, 9.17) is 18.7 Å². The van der Waals surface area contributed by atoms with E-state index in [-0.39, 0.29) is 6.10 Å². The Kier molecular flexibility index (Phi) is 6.91. The van der Waals surface area contributed by atoms with Gasteiger partial charge < -0.3 is 23.6 Å². The molecular weight excluding hydrogens is 432 g/mol. The molecule has 182 valence electrons. The molecule has 3 heterocycles. The van der Waals surface area contributed by atoms with Crippen LogP contribution in [0.3, 0.4) is 0 Å². The van der Waals surface area contributed by atoms with Gasteiger partial charge >= 0.3 is 0 Å². The fraction of sp³-hybridized carbons (Fsp3) is 0.500. The molecule has 8 nitrogen and oxygen atoms in total. The molecule has 1 aliphatic rings. The van der Waals surface area contributed by atoms with Crippen molar-refractivity contribution in [3.05, 3.63) is 41.1 Å². The molecular formula is C26H34N4O4. The maximum Gasteiger partial charge on any atom is 0.259 e. The number of anilines is 1. The van der Waals surface area contributed by atoms with E-state index in [0.29, 0.717) is 24.9 Å². The van der Waals surface area contributed by atoms with E-state index in [0.717, 1.165) is 52.5 Å². The van der Waals surface area contributed by atoms with Crippen molar-refractivity contribution in [1.29, 1.82) is 0 Å². The van der Waals surface area contributed by atoms with E-state index in [1.807, 2.05) is 45.9 Å². The number of aromatic nitrogens is 3. The molecule has 0 amide bonds. The quantitative estimate of drug-likeness (QED) is 0.453. The first kappa shape index (κ1) is 24.2. The van der Waals surface area contributed by atoms with Crippen LogP contribution in [-0.4, -0.2) is 53.3 Å². The summed E-state index contributed by atoms with van der Waals surface area (Å²) in [7, 11) is 0. The van der Waals surface area contributed by atoms with Crippen LogP contribution in [0.15, 0.2) is 28.9 Å². The molecule has 4 rings (SSSR count). The van der Waals surface area contributed by atoms with Crippen LogP contribution >= 0.6 is 0 Å². The summed E-state index contributed by atoms with van der Waals surface area (Å²) in [5, 5.41) is 4.22. The van der Waals surface area contributed by atoms with Crippen LogP contribution in [0.25, 0.3) is 22.8 Å². The minimum atomic E-state index is -0.557. The Balaban J connectivity index is 1.51. The Morgan fingerprint density at radius 2 is 1.71 bits per heavy atom. The second kappa shape index (κ2) is 9.72. The topological polar surface area (TPSA) is 82.7 Å². The molecule has 2 aromatic heterocycles. The van der Waals surface area contributed by atoms with E-state index in [1.165, 1.54) is 0 Å². The van der Waals surface area contributed by atoms with E-state index < -0.39 is 5.79 Å². The van der Waals surface area contributed by atoms with Crippen molar-refractivity contribution in [2.24, 2.45) is 0 Å². The summed E-state index contributed by atoms with van der Waals surface area (Å²) in [5.74, 6) is 2.25. The van der Waals surface area contributed by atoms with Crippen molar-refractivity contribution < 1.29 is 18.7 Å². The summed E-state index contributed by atoms with van der Waals surface area (Å²) in [6.45, 7) is 16.9. The monoisotopic (exact) mass is 466 g/mol. The summed E-state index contributed by atoms with van der Waals surface area (Å²) in [5.41, 5.74) is 4.76. The molecule has 8 heteroatoms. The molecule has 0 radical (unpaired) electrons. The highest BCUT2D eigenvalue weighted by atomic mass is 16.7. The Morgan fingerprint density at radius 3 is 2.29 bits per heavy atom. The van der Waals surface area contributed by atoms with Gasteiger partial charge in [-0.1, -0.05) is 5.16 Å². The van der Waals surface area contributed by atoms with Crippen LogP contribution in [0, 0.1) is 20.8 Å². The SMILES string of the molecule is CCN(CC)c1ncc(-c2nc(-c3cc(C)c(OCC4COC(C)(C)O4)c(C)c3)no2)cc1C. The maximum atomic E-state index is 6.09. The van der Waals surface area contributed by atoms with Crippen LogP contribution in [0.4, 0.5) is 5.82 Å². The summed E-state index contributed by atoms with van der Waals surface area (Å²) in [6.07, 6.45) is 1.71. The average molecular weight is 467 g/mol. The number of pyridine rings is 1. The molecule has 0 aliphatic carbocycles. The molecule has 34 heavy (non-hydrogen) atoms. The summed E-state index contributed by atoms with van der Waals surface area (Å²) >= 11 is 0. The van der Waals surface area contributed by atoms with Gasteiger partial charge in [0.25, 0.3) is 5.89 Å². The highest BCUT2D eigenvalue weighted by Gasteiger charge is 2.33. The largest absolute Gasteiger partial charge is 0.490 e. The Hall–Kier alpha value is -2.97. The minimum Gasteiger partial charge on any atom is -0.490 e. The van der Waals surface area contributed by atoms with Gasteiger partial charge in [0, 0.05) is 24.8 Å². The first-order valence-corrected chi connectivity index (χ1v) is 11.8. The molecule has 3 aromatic rings. The number of aryl methyl sites for hydroxylation is 3. The molecule has 0 N–H and O–H groups in total. The zero-order chi connectivity index (χ0) is 24.5. The number of hydrogen-bond donors (Lipinski definition) is 0. The third-order valence-electron chi connectivity index (χ3n) is 5.99. The zero-order valence-electron chi connectivity index (χ0n) is 21.1. The third kappa shape index (κ3) is 5.08. The number of hydrogen-bond acceptors (Lipinski definition) is 8. The number of ether oxygens (including phenoxy) is 3. The van der Waals surface area contributed by atoms with Crippen molar-refractivity contribution in [3.8, 4) is 28.6 Å². The molecule has 0 saturated carbocycles. The second-order valence-electron chi connectivity index (χ2n) is 9.16. The number of nitrogens with zero attached hydrogens (tertiary/aromatic N) is 4.